The average Bonchev–Trinajstić information content (AvgIpc) is 2.93. The van der Waals surface area contributed by atoms with Crippen molar-refractivity contribution in [2.75, 3.05) is 5.32 Å². The molecule has 6 nitrogen and oxygen atoms in total. The molecule has 2 heterocycles. The smallest absolute Gasteiger partial charge is 0.226 e. The molecule has 0 saturated carbocycles. The third-order valence-corrected chi connectivity index (χ3v) is 3.96. The molecule has 0 aliphatic carbocycles. The van der Waals surface area contributed by atoms with Crippen molar-refractivity contribution in [3.63, 3.8) is 0 Å². The Hall–Kier alpha value is -2.02. The van der Waals surface area contributed by atoms with Crippen molar-refractivity contribution in [3.05, 3.63) is 34.6 Å². The Morgan fingerprint density at radius 3 is 2.76 bits per heavy atom. The fourth-order valence-corrected chi connectivity index (χ4v) is 2.77. The molecule has 0 spiro atoms. The van der Waals surface area contributed by atoms with Crippen molar-refractivity contribution in [3.8, 4) is 0 Å². The molecule has 0 fully saturated rings. The van der Waals surface area contributed by atoms with Crippen LogP contribution in [0.1, 0.15) is 28.4 Å². The van der Waals surface area contributed by atoms with Gasteiger partial charge >= 0.3 is 0 Å². The third-order valence-electron chi connectivity index (χ3n) is 3.21. The summed E-state index contributed by atoms with van der Waals surface area (Å²) in [5.74, 6) is -0.0542. The molecule has 1 N–H and O–H groups in total. The van der Waals surface area contributed by atoms with Crippen LogP contribution in [0.3, 0.4) is 0 Å². The second kappa shape index (κ2) is 6.62. The van der Waals surface area contributed by atoms with E-state index in [4.69, 9.17) is 0 Å². The van der Waals surface area contributed by atoms with Crippen LogP contribution in [-0.4, -0.2) is 25.9 Å². The van der Waals surface area contributed by atoms with Crippen molar-refractivity contribution in [1.29, 1.82) is 0 Å². The van der Waals surface area contributed by atoms with Crippen LogP contribution in [0.2, 0.25) is 0 Å². The van der Waals surface area contributed by atoms with Crippen molar-refractivity contribution in [2.45, 2.75) is 40.2 Å². The Bertz CT molecular complexity index is 658. The van der Waals surface area contributed by atoms with Crippen LogP contribution in [-0.2, 0) is 17.8 Å². The Morgan fingerprint density at radius 2 is 2.14 bits per heavy atom. The summed E-state index contributed by atoms with van der Waals surface area (Å²) >= 11 is 1.37. The summed E-state index contributed by atoms with van der Waals surface area (Å²) in [5, 5.41) is 16.4. The number of aryl methyl sites for hydroxylation is 2. The first-order chi connectivity index (χ1) is 10.0. The second-order valence-electron chi connectivity index (χ2n) is 4.79. The number of carbonyl (C=O) groups is 1. The van der Waals surface area contributed by atoms with E-state index >= 15 is 0 Å². The summed E-state index contributed by atoms with van der Waals surface area (Å²) in [6.45, 7) is 10.2. The SMILES string of the molecule is C=CCn1nc(C)c(CCC(=O)Nc2nnc(C)s2)c1C. The maximum Gasteiger partial charge on any atom is 0.226 e. The molecular weight excluding hydrogens is 286 g/mol. The number of hydrogen-bond acceptors (Lipinski definition) is 5. The summed E-state index contributed by atoms with van der Waals surface area (Å²) in [6.07, 6.45) is 2.88. The minimum absolute atomic E-state index is 0.0542. The predicted octanol–water partition coefficient (Wildman–Crippen LogP) is 2.42. The molecule has 2 aromatic heterocycles. The fourth-order valence-electron chi connectivity index (χ4n) is 2.16. The van der Waals surface area contributed by atoms with Gasteiger partial charge in [-0.2, -0.15) is 5.10 Å². The molecule has 0 unspecified atom stereocenters. The summed E-state index contributed by atoms with van der Waals surface area (Å²) in [4.78, 5) is 11.9. The highest BCUT2D eigenvalue weighted by Gasteiger charge is 2.13. The number of anilines is 1. The number of allylic oxidation sites excluding steroid dienone is 1. The van der Waals surface area contributed by atoms with Gasteiger partial charge in [0.15, 0.2) is 0 Å². The zero-order valence-electron chi connectivity index (χ0n) is 12.5. The number of carbonyl (C=O) groups excluding carboxylic acids is 1. The lowest BCUT2D eigenvalue weighted by Gasteiger charge is -2.03. The van der Waals surface area contributed by atoms with Gasteiger partial charge in [0, 0.05) is 12.1 Å². The maximum absolute atomic E-state index is 11.9. The van der Waals surface area contributed by atoms with Crippen LogP contribution >= 0.6 is 11.3 Å². The van der Waals surface area contributed by atoms with Gasteiger partial charge in [0.25, 0.3) is 0 Å². The minimum Gasteiger partial charge on any atom is -0.301 e. The van der Waals surface area contributed by atoms with Gasteiger partial charge in [-0.1, -0.05) is 17.4 Å². The molecule has 0 aromatic carbocycles. The summed E-state index contributed by atoms with van der Waals surface area (Å²) in [5.41, 5.74) is 3.18. The van der Waals surface area contributed by atoms with E-state index in [1.165, 1.54) is 11.3 Å². The molecule has 0 aliphatic heterocycles. The number of rotatable bonds is 6. The standard InChI is InChI=1S/C14H19N5OS/c1-5-8-19-10(3)12(9(2)18-19)6-7-13(20)15-14-17-16-11(4)21-14/h5H,1,6-8H2,2-4H3,(H,15,17,20). The van der Waals surface area contributed by atoms with Crippen LogP contribution in [0.15, 0.2) is 12.7 Å². The van der Waals surface area contributed by atoms with E-state index in [9.17, 15) is 4.79 Å². The van der Waals surface area contributed by atoms with Gasteiger partial charge in [-0.25, -0.2) is 0 Å². The van der Waals surface area contributed by atoms with E-state index in [1.54, 1.807) is 0 Å². The van der Waals surface area contributed by atoms with Crippen LogP contribution in [0.5, 0.6) is 0 Å². The molecule has 21 heavy (non-hydrogen) atoms. The molecule has 0 radical (unpaired) electrons. The molecule has 1 amide bonds. The van der Waals surface area contributed by atoms with E-state index < -0.39 is 0 Å². The molecule has 0 atom stereocenters. The van der Waals surface area contributed by atoms with Crippen molar-refractivity contribution in [2.24, 2.45) is 0 Å². The van der Waals surface area contributed by atoms with Crippen LogP contribution < -0.4 is 5.32 Å². The first-order valence-electron chi connectivity index (χ1n) is 6.75. The number of aromatic nitrogens is 4. The van der Waals surface area contributed by atoms with Gasteiger partial charge in [0.05, 0.1) is 12.2 Å². The molecule has 0 aliphatic rings. The predicted molar refractivity (Wildman–Crippen MR) is 83.5 cm³/mol. The van der Waals surface area contributed by atoms with Gasteiger partial charge in [-0.3, -0.25) is 9.48 Å². The number of hydrogen-bond donors (Lipinski definition) is 1. The zero-order valence-corrected chi connectivity index (χ0v) is 13.3. The Morgan fingerprint density at radius 1 is 1.38 bits per heavy atom. The lowest BCUT2D eigenvalue weighted by molar-refractivity contribution is -0.116. The lowest BCUT2D eigenvalue weighted by Crippen LogP contribution is -2.12. The molecule has 2 aromatic rings. The molecule has 0 saturated heterocycles. The molecule has 2 rings (SSSR count). The van der Waals surface area contributed by atoms with E-state index in [0.29, 0.717) is 24.5 Å². The van der Waals surface area contributed by atoms with E-state index in [2.05, 4.69) is 27.2 Å². The van der Waals surface area contributed by atoms with Gasteiger partial charge in [-0.15, -0.1) is 16.8 Å². The third kappa shape index (κ3) is 3.75. The summed E-state index contributed by atoms with van der Waals surface area (Å²) < 4.78 is 1.91. The normalized spacial score (nSPS) is 10.6. The Kier molecular flexibility index (Phi) is 4.85. The molecule has 0 bridgehead atoms. The van der Waals surface area contributed by atoms with Gasteiger partial charge in [0.2, 0.25) is 11.0 Å². The molecule has 112 valence electrons. The highest BCUT2D eigenvalue weighted by molar-refractivity contribution is 7.15. The maximum atomic E-state index is 11.9. The van der Waals surface area contributed by atoms with Gasteiger partial charge in [-0.05, 0) is 32.8 Å². The Balaban J connectivity index is 1.96. The van der Waals surface area contributed by atoms with Crippen molar-refractivity contribution in [1.82, 2.24) is 20.0 Å². The van der Waals surface area contributed by atoms with E-state index in [0.717, 1.165) is 22.0 Å². The van der Waals surface area contributed by atoms with Crippen LogP contribution in [0.4, 0.5) is 5.13 Å². The zero-order chi connectivity index (χ0) is 15.4. The summed E-state index contributed by atoms with van der Waals surface area (Å²) in [7, 11) is 0. The monoisotopic (exact) mass is 305 g/mol. The Labute approximate surface area is 127 Å². The lowest BCUT2D eigenvalue weighted by atomic mass is 10.1. The fraction of sp³-hybridized carbons (Fsp3) is 0.429. The topological polar surface area (TPSA) is 72.7 Å². The highest BCUT2D eigenvalue weighted by Crippen LogP contribution is 2.17. The van der Waals surface area contributed by atoms with E-state index in [-0.39, 0.29) is 5.91 Å². The first kappa shape index (κ1) is 15.4. The van der Waals surface area contributed by atoms with Crippen molar-refractivity contribution >= 4 is 22.4 Å². The quantitative estimate of drug-likeness (QED) is 0.832. The van der Waals surface area contributed by atoms with Crippen LogP contribution in [0, 0.1) is 20.8 Å². The molecular formula is C14H19N5OS. The number of nitrogens with one attached hydrogen (secondary N) is 1. The number of amides is 1. The summed E-state index contributed by atoms with van der Waals surface area (Å²) in [6, 6.07) is 0. The van der Waals surface area contributed by atoms with Crippen LogP contribution in [0.25, 0.3) is 0 Å². The first-order valence-corrected chi connectivity index (χ1v) is 7.56. The highest BCUT2D eigenvalue weighted by atomic mass is 32.1. The second-order valence-corrected chi connectivity index (χ2v) is 5.98. The average molecular weight is 305 g/mol. The molecule has 7 heteroatoms. The van der Waals surface area contributed by atoms with E-state index in [1.807, 2.05) is 31.5 Å². The minimum atomic E-state index is -0.0542. The van der Waals surface area contributed by atoms with Crippen molar-refractivity contribution < 1.29 is 4.79 Å². The number of nitrogens with zero attached hydrogens (tertiary/aromatic N) is 4. The van der Waals surface area contributed by atoms with Gasteiger partial charge < -0.3 is 5.32 Å². The van der Waals surface area contributed by atoms with Gasteiger partial charge in [0.1, 0.15) is 5.01 Å². The largest absolute Gasteiger partial charge is 0.301 e.